The number of benzene rings is 1. The van der Waals surface area contributed by atoms with E-state index >= 15 is 0 Å². The number of hydrogen-bond donors (Lipinski definition) is 1. The first-order chi connectivity index (χ1) is 9.56. The number of halogens is 1. The second kappa shape index (κ2) is 7.19. The van der Waals surface area contributed by atoms with Crippen molar-refractivity contribution in [2.75, 3.05) is 6.54 Å². The van der Waals surface area contributed by atoms with E-state index in [0.29, 0.717) is 12.1 Å². The van der Waals surface area contributed by atoms with E-state index in [1.807, 2.05) is 12.1 Å². The lowest BCUT2D eigenvalue weighted by molar-refractivity contribution is 0.151. The molecule has 0 aromatic heterocycles. The van der Waals surface area contributed by atoms with E-state index in [-0.39, 0.29) is 5.82 Å². The molecule has 0 saturated carbocycles. The Hall–Kier alpha value is -0.930. The van der Waals surface area contributed by atoms with Crippen LogP contribution < -0.4 is 5.32 Å². The van der Waals surface area contributed by atoms with E-state index in [9.17, 15) is 4.39 Å². The molecule has 1 aromatic rings. The van der Waals surface area contributed by atoms with Crippen LogP contribution in [-0.2, 0) is 13.1 Å². The first kappa shape index (κ1) is 15.5. The Bertz CT molecular complexity index is 431. The second-order valence-electron chi connectivity index (χ2n) is 6.28. The summed E-state index contributed by atoms with van der Waals surface area (Å²) in [7, 11) is 0. The van der Waals surface area contributed by atoms with Crippen molar-refractivity contribution in [2.24, 2.45) is 0 Å². The molecular weight excluding hydrogens is 251 g/mol. The summed E-state index contributed by atoms with van der Waals surface area (Å²) in [5, 5.41) is 3.38. The van der Waals surface area contributed by atoms with Crippen molar-refractivity contribution in [3.8, 4) is 0 Å². The van der Waals surface area contributed by atoms with Crippen molar-refractivity contribution in [1.29, 1.82) is 0 Å². The first-order valence-corrected chi connectivity index (χ1v) is 7.81. The minimum atomic E-state index is -0.0731. The largest absolute Gasteiger partial charge is 0.310 e. The molecule has 3 heteroatoms. The van der Waals surface area contributed by atoms with Gasteiger partial charge >= 0.3 is 0 Å². The van der Waals surface area contributed by atoms with Crippen LogP contribution >= 0.6 is 0 Å². The van der Waals surface area contributed by atoms with Gasteiger partial charge in [0.2, 0.25) is 0 Å². The fourth-order valence-corrected chi connectivity index (χ4v) is 2.79. The van der Waals surface area contributed by atoms with Gasteiger partial charge in [0.05, 0.1) is 0 Å². The summed E-state index contributed by atoms with van der Waals surface area (Å²) in [4.78, 5) is 2.40. The zero-order chi connectivity index (χ0) is 14.5. The van der Waals surface area contributed by atoms with Gasteiger partial charge in [-0.1, -0.05) is 32.4 Å². The van der Waals surface area contributed by atoms with Gasteiger partial charge in [0.25, 0.3) is 0 Å². The Balaban J connectivity index is 2.04. The summed E-state index contributed by atoms with van der Waals surface area (Å²) >= 11 is 0. The highest BCUT2D eigenvalue weighted by atomic mass is 19.1. The number of likely N-dealkylation sites (tertiary alicyclic amines) is 1. The highest BCUT2D eigenvalue weighted by molar-refractivity contribution is 5.25. The van der Waals surface area contributed by atoms with Crippen LogP contribution in [0.5, 0.6) is 0 Å². The molecule has 1 saturated heterocycles. The third-order valence-electron chi connectivity index (χ3n) is 4.14. The van der Waals surface area contributed by atoms with Gasteiger partial charge in [-0.25, -0.2) is 4.39 Å². The van der Waals surface area contributed by atoms with Gasteiger partial charge in [-0.2, -0.15) is 0 Å². The maximum atomic E-state index is 14.0. The predicted molar refractivity (Wildman–Crippen MR) is 82.1 cm³/mol. The Morgan fingerprint density at radius 3 is 2.85 bits per heavy atom. The number of nitrogens with zero attached hydrogens (tertiary/aromatic N) is 1. The van der Waals surface area contributed by atoms with Gasteiger partial charge in [-0.15, -0.1) is 0 Å². The lowest BCUT2D eigenvalue weighted by Gasteiger charge is -2.33. The third-order valence-corrected chi connectivity index (χ3v) is 4.14. The molecule has 2 rings (SSSR count). The first-order valence-electron chi connectivity index (χ1n) is 7.81. The maximum Gasteiger partial charge on any atom is 0.127 e. The lowest BCUT2D eigenvalue weighted by Crippen LogP contribution is -2.37. The Kier molecular flexibility index (Phi) is 5.55. The predicted octanol–water partition coefficient (Wildman–Crippen LogP) is 3.70. The molecule has 1 unspecified atom stereocenters. The summed E-state index contributed by atoms with van der Waals surface area (Å²) in [6.07, 6.45) is 3.77. The summed E-state index contributed by atoms with van der Waals surface area (Å²) < 4.78 is 14.0. The molecule has 20 heavy (non-hydrogen) atoms. The Morgan fingerprint density at radius 1 is 1.35 bits per heavy atom. The Morgan fingerprint density at radius 2 is 2.15 bits per heavy atom. The van der Waals surface area contributed by atoms with Crippen LogP contribution in [0, 0.1) is 5.82 Å². The van der Waals surface area contributed by atoms with E-state index in [1.54, 1.807) is 6.07 Å². The summed E-state index contributed by atoms with van der Waals surface area (Å²) in [6, 6.07) is 6.53. The van der Waals surface area contributed by atoms with E-state index < -0.39 is 0 Å². The van der Waals surface area contributed by atoms with Crippen LogP contribution in [0.1, 0.15) is 51.2 Å². The third kappa shape index (κ3) is 4.29. The van der Waals surface area contributed by atoms with E-state index in [4.69, 9.17) is 0 Å². The van der Waals surface area contributed by atoms with Crippen LogP contribution in [0.3, 0.4) is 0 Å². The molecule has 2 nitrogen and oxygen atoms in total. The molecule has 1 heterocycles. The highest BCUT2D eigenvalue weighted by Gasteiger charge is 2.19. The standard InChI is InChI=1S/C17H27FN2/c1-13(2)19-11-15-7-8-17(18)16(10-15)12-20-9-5-4-6-14(20)3/h7-8,10,13-14,19H,4-6,9,11-12H2,1-3H3. The molecule has 1 aliphatic rings. The van der Waals surface area contributed by atoms with E-state index in [2.05, 4.69) is 31.0 Å². The second-order valence-corrected chi connectivity index (χ2v) is 6.28. The van der Waals surface area contributed by atoms with Crippen molar-refractivity contribution >= 4 is 0 Å². The summed E-state index contributed by atoms with van der Waals surface area (Å²) in [5.74, 6) is -0.0731. The molecule has 1 aliphatic heterocycles. The van der Waals surface area contributed by atoms with Crippen molar-refractivity contribution < 1.29 is 4.39 Å². The monoisotopic (exact) mass is 278 g/mol. The molecule has 0 spiro atoms. The average molecular weight is 278 g/mol. The molecular formula is C17H27FN2. The summed E-state index contributed by atoms with van der Waals surface area (Å²) in [5.41, 5.74) is 2.00. The Labute approximate surface area is 122 Å². The van der Waals surface area contributed by atoms with Gasteiger partial charge < -0.3 is 5.32 Å². The minimum Gasteiger partial charge on any atom is -0.310 e. The van der Waals surface area contributed by atoms with Crippen molar-refractivity contribution in [3.05, 3.63) is 35.1 Å². The maximum absolute atomic E-state index is 14.0. The molecule has 112 valence electrons. The highest BCUT2D eigenvalue weighted by Crippen LogP contribution is 2.21. The van der Waals surface area contributed by atoms with Crippen LogP contribution in [0.2, 0.25) is 0 Å². The average Bonchev–Trinajstić information content (AvgIpc) is 2.42. The molecule has 1 N–H and O–H groups in total. The lowest BCUT2D eigenvalue weighted by atomic mass is 10.0. The zero-order valence-electron chi connectivity index (χ0n) is 13.0. The molecule has 0 radical (unpaired) electrons. The minimum absolute atomic E-state index is 0.0731. The van der Waals surface area contributed by atoms with Gasteiger partial charge in [0, 0.05) is 30.7 Å². The van der Waals surface area contributed by atoms with Crippen LogP contribution in [-0.4, -0.2) is 23.5 Å². The van der Waals surface area contributed by atoms with Gasteiger partial charge in [0.15, 0.2) is 0 Å². The fourth-order valence-electron chi connectivity index (χ4n) is 2.79. The van der Waals surface area contributed by atoms with Gasteiger partial charge in [-0.05, 0) is 37.9 Å². The molecule has 0 aliphatic carbocycles. The SMILES string of the molecule is CC(C)NCc1ccc(F)c(CN2CCCCC2C)c1. The normalized spacial score (nSPS) is 20.6. The van der Waals surface area contributed by atoms with Crippen LogP contribution in [0.25, 0.3) is 0 Å². The smallest absolute Gasteiger partial charge is 0.127 e. The molecule has 0 bridgehead atoms. The molecule has 1 aromatic carbocycles. The fraction of sp³-hybridized carbons (Fsp3) is 0.647. The quantitative estimate of drug-likeness (QED) is 0.883. The number of nitrogens with one attached hydrogen (secondary N) is 1. The van der Waals surface area contributed by atoms with Crippen LogP contribution in [0.15, 0.2) is 18.2 Å². The van der Waals surface area contributed by atoms with Gasteiger partial charge in [0.1, 0.15) is 5.82 Å². The number of hydrogen-bond acceptors (Lipinski definition) is 2. The van der Waals surface area contributed by atoms with Gasteiger partial charge in [-0.3, -0.25) is 4.90 Å². The summed E-state index contributed by atoms with van der Waals surface area (Å²) in [6.45, 7) is 9.14. The molecule has 1 fully saturated rings. The number of piperidine rings is 1. The van der Waals surface area contributed by atoms with Crippen molar-refractivity contribution in [3.63, 3.8) is 0 Å². The van der Waals surface area contributed by atoms with Crippen molar-refractivity contribution in [2.45, 2.75) is 65.2 Å². The van der Waals surface area contributed by atoms with E-state index in [0.717, 1.165) is 25.2 Å². The number of rotatable bonds is 5. The zero-order valence-corrected chi connectivity index (χ0v) is 13.0. The van der Waals surface area contributed by atoms with Crippen LogP contribution in [0.4, 0.5) is 4.39 Å². The van der Waals surface area contributed by atoms with E-state index in [1.165, 1.54) is 24.8 Å². The molecule has 1 atom stereocenters. The molecule has 0 amide bonds. The topological polar surface area (TPSA) is 15.3 Å². The van der Waals surface area contributed by atoms with Crippen molar-refractivity contribution in [1.82, 2.24) is 10.2 Å².